The summed E-state index contributed by atoms with van der Waals surface area (Å²) in [4.78, 5) is 40.5. The summed E-state index contributed by atoms with van der Waals surface area (Å²) >= 11 is 0. The van der Waals surface area contributed by atoms with Gasteiger partial charge in [-0.05, 0) is 35.7 Å². The molecule has 2 aromatic carbocycles. The Morgan fingerprint density at radius 1 is 1.14 bits per heavy atom. The number of fused-ring (bicyclic) bond motifs is 1. The number of rotatable bonds is 3. The lowest BCUT2D eigenvalue weighted by Gasteiger charge is -2.35. The van der Waals surface area contributed by atoms with Crippen LogP contribution in [-0.4, -0.2) is 41.9 Å². The Morgan fingerprint density at radius 3 is 2.57 bits per heavy atom. The molecule has 144 valence electrons. The monoisotopic (exact) mass is 378 g/mol. The molecule has 2 aliphatic heterocycles. The fourth-order valence-corrected chi connectivity index (χ4v) is 3.89. The molecule has 2 heterocycles. The van der Waals surface area contributed by atoms with Crippen molar-refractivity contribution in [1.29, 1.82) is 0 Å². The smallest absolute Gasteiger partial charge is 0.322 e. The van der Waals surface area contributed by atoms with E-state index < -0.39 is 11.9 Å². The van der Waals surface area contributed by atoms with Gasteiger partial charge in [0.25, 0.3) is 5.91 Å². The topological polar surface area (TPSA) is 95.7 Å². The van der Waals surface area contributed by atoms with E-state index in [1.807, 2.05) is 37.3 Å². The summed E-state index contributed by atoms with van der Waals surface area (Å²) in [7, 11) is 0. The first-order valence-electron chi connectivity index (χ1n) is 9.29. The van der Waals surface area contributed by atoms with Gasteiger partial charge in [-0.3, -0.25) is 14.5 Å². The Morgan fingerprint density at radius 2 is 1.89 bits per heavy atom. The number of nitrogens with two attached hydrogens (primary N) is 1. The average Bonchev–Trinajstić information content (AvgIpc) is 3.12. The number of nitrogens with zero attached hydrogens (tertiary/aromatic N) is 2. The fraction of sp³-hybridized carbons (Fsp3) is 0.286. The van der Waals surface area contributed by atoms with Crippen molar-refractivity contribution in [3.8, 4) is 0 Å². The highest BCUT2D eigenvalue weighted by Gasteiger charge is 2.34. The predicted octanol–water partition coefficient (Wildman–Crippen LogP) is 1.58. The molecule has 2 aliphatic rings. The van der Waals surface area contributed by atoms with Crippen LogP contribution in [0.3, 0.4) is 0 Å². The summed E-state index contributed by atoms with van der Waals surface area (Å²) < 4.78 is 0. The molecule has 4 amide bonds. The molecule has 1 atom stereocenters. The molecular weight excluding hydrogens is 356 g/mol. The quantitative estimate of drug-likeness (QED) is 0.849. The lowest BCUT2D eigenvalue weighted by Crippen LogP contribution is -2.51. The number of hydrogen-bond acceptors (Lipinski definition) is 3. The van der Waals surface area contributed by atoms with E-state index in [1.54, 1.807) is 17.0 Å². The standard InChI is InChI=1S/C21H22N4O3/c1-13-6-7-15(11-17(13)24-9-8-23-21(24)28)20(27)25-12-16-5-3-2-4-14(16)10-18(25)19(22)26/h2-7,11,18H,8-10,12H2,1H3,(H2,22,26)(H,23,28)/t18-/m0/s1. The zero-order chi connectivity index (χ0) is 19.8. The van der Waals surface area contributed by atoms with Crippen LogP contribution in [0, 0.1) is 6.92 Å². The lowest BCUT2D eigenvalue weighted by molar-refractivity contribution is -0.122. The highest BCUT2D eigenvalue weighted by molar-refractivity contribution is 6.01. The molecule has 0 radical (unpaired) electrons. The molecule has 1 saturated heterocycles. The third-order valence-electron chi connectivity index (χ3n) is 5.44. The highest BCUT2D eigenvalue weighted by atomic mass is 16.2. The second kappa shape index (κ2) is 6.99. The molecule has 0 bridgehead atoms. The number of anilines is 1. The van der Waals surface area contributed by atoms with E-state index in [0.717, 1.165) is 16.7 Å². The second-order valence-corrected chi connectivity index (χ2v) is 7.21. The maximum absolute atomic E-state index is 13.3. The predicted molar refractivity (Wildman–Crippen MR) is 105 cm³/mol. The maximum Gasteiger partial charge on any atom is 0.322 e. The van der Waals surface area contributed by atoms with E-state index >= 15 is 0 Å². The summed E-state index contributed by atoms with van der Waals surface area (Å²) in [5, 5.41) is 2.77. The van der Waals surface area contributed by atoms with E-state index in [9.17, 15) is 14.4 Å². The van der Waals surface area contributed by atoms with E-state index in [1.165, 1.54) is 4.90 Å². The van der Waals surface area contributed by atoms with Crippen LogP contribution in [0.25, 0.3) is 0 Å². The second-order valence-electron chi connectivity index (χ2n) is 7.21. The Balaban J connectivity index is 1.68. The molecule has 3 N–H and O–H groups in total. The Kier molecular flexibility index (Phi) is 4.50. The van der Waals surface area contributed by atoms with Crippen molar-refractivity contribution < 1.29 is 14.4 Å². The van der Waals surface area contributed by atoms with Crippen LogP contribution in [-0.2, 0) is 17.8 Å². The minimum absolute atomic E-state index is 0.172. The van der Waals surface area contributed by atoms with Gasteiger partial charge in [-0.1, -0.05) is 30.3 Å². The summed E-state index contributed by atoms with van der Waals surface area (Å²) in [5.74, 6) is -0.784. The summed E-state index contributed by atoms with van der Waals surface area (Å²) in [6.45, 7) is 3.36. The molecule has 1 fully saturated rings. The largest absolute Gasteiger partial charge is 0.368 e. The van der Waals surface area contributed by atoms with Gasteiger partial charge in [0.2, 0.25) is 5.91 Å². The first-order valence-corrected chi connectivity index (χ1v) is 9.29. The van der Waals surface area contributed by atoms with Crippen LogP contribution in [0.1, 0.15) is 27.0 Å². The lowest BCUT2D eigenvalue weighted by atomic mass is 9.93. The third-order valence-corrected chi connectivity index (χ3v) is 5.44. The normalized spacial score (nSPS) is 18.6. The molecule has 0 aromatic heterocycles. The van der Waals surface area contributed by atoms with Crippen molar-refractivity contribution in [3.63, 3.8) is 0 Å². The molecule has 0 saturated carbocycles. The molecule has 2 aromatic rings. The van der Waals surface area contributed by atoms with Crippen LogP contribution in [0.5, 0.6) is 0 Å². The van der Waals surface area contributed by atoms with Crippen molar-refractivity contribution in [2.24, 2.45) is 5.73 Å². The number of primary amides is 1. The van der Waals surface area contributed by atoms with Gasteiger partial charge in [0, 0.05) is 37.3 Å². The van der Waals surface area contributed by atoms with Crippen LogP contribution in [0.15, 0.2) is 42.5 Å². The van der Waals surface area contributed by atoms with Gasteiger partial charge in [-0.15, -0.1) is 0 Å². The zero-order valence-electron chi connectivity index (χ0n) is 15.6. The first kappa shape index (κ1) is 18.0. The molecule has 0 unspecified atom stereocenters. The van der Waals surface area contributed by atoms with E-state index in [0.29, 0.717) is 37.3 Å². The third kappa shape index (κ3) is 3.09. The number of hydrogen-bond donors (Lipinski definition) is 2. The first-order chi connectivity index (χ1) is 13.5. The Hall–Kier alpha value is -3.35. The molecule has 0 spiro atoms. The Labute approximate surface area is 163 Å². The molecule has 7 nitrogen and oxygen atoms in total. The summed E-state index contributed by atoms with van der Waals surface area (Å²) in [6.07, 6.45) is 0.407. The van der Waals surface area contributed by atoms with Crippen LogP contribution in [0.2, 0.25) is 0 Å². The van der Waals surface area contributed by atoms with Crippen LogP contribution < -0.4 is 16.0 Å². The summed E-state index contributed by atoms with van der Waals surface area (Å²) in [5.41, 5.74) is 9.70. The van der Waals surface area contributed by atoms with Gasteiger partial charge in [0.15, 0.2) is 0 Å². The fourth-order valence-electron chi connectivity index (χ4n) is 3.89. The maximum atomic E-state index is 13.3. The Bertz CT molecular complexity index is 972. The van der Waals surface area contributed by atoms with Crippen molar-refractivity contribution >= 4 is 23.5 Å². The average molecular weight is 378 g/mol. The van der Waals surface area contributed by atoms with Crippen molar-refractivity contribution in [2.45, 2.75) is 25.9 Å². The zero-order valence-corrected chi connectivity index (χ0v) is 15.6. The van der Waals surface area contributed by atoms with Crippen LogP contribution >= 0.6 is 0 Å². The number of amides is 4. The van der Waals surface area contributed by atoms with Gasteiger partial charge in [0.1, 0.15) is 6.04 Å². The summed E-state index contributed by atoms with van der Waals surface area (Å²) in [6, 6.07) is 12.2. The van der Waals surface area contributed by atoms with Gasteiger partial charge in [-0.25, -0.2) is 4.79 Å². The highest BCUT2D eigenvalue weighted by Crippen LogP contribution is 2.28. The molecule has 0 aliphatic carbocycles. The van der Waals surface area contributed by atoms with Crippen molar-refractivity contribution in [2.75, 3.05) is 18.0 Å². The molecule has 4 rings (SSSR count). The number of aryl methyl sites for hydroxylation is 1. The van der Waals surface area contributed by atoms with Crippen molar-refractivity contribution in [1.82, 2.24) is 10.2 Å². The van der Waals surface area contributed by atoms with Crippen molar-refractivity contribution in [3.05, 3.63) is 64.7 Å². The van der Waals surface area contributed by atoms with Gasteiger partial charge >= 0.3 is 6.03 Å². The van der Waals surface area contributed by atoms with Gasteiger partial charge in [-0.2, -0.15) is 0 Å². The number of carbonyl (C=O) groups is 3. The number of benzene rings is 2. The minimum atomic E-state index is -0.692. The number of urea groups is 1. The molecule has 7 heteroatoms. The van der Waals surface area contributed by atoms with Gasteiger partial charge in [0.05, 0.1) is 0 Å². The van der Waals surface area contributed by atoms with Gasteiger partial charge < -0.3 is 16.0 Å². The number of carbonyl (C=O) groups excluding carboxylic acids is 3. The molecular formula is C21H22N4O3. The van der Waals surface area contributed by atoms with Crippen LogP contribution in [0.4, 0.5) is 10.5 Å². The van der Waals surface area contributed by atoms with E-state index in [2.05, 4.69) is 5.32 Å². The SMILES string of the molecule is Cc1ccc(C(=O)N2Cc3ccccc3C[C@H]2C(N)=O)cc1N1CCNC1=O. The minimum Gasteiger partial charge on any atom is -0.368 e. The molecule has 28 heavy (non-hydrogen) atoms. The number of nitrogens with one attached hydrogen (secondary N) is 1. The van der Waals surface area contributed by atoms with E-state index in [4.69, 9.17) is 5.73 Å². The van der Waals surface area contributed by atoms with E-state index in [-0.39, 0.29) is 11.9 Å².